The fourth-order valence-corrected chi connectivity index (χ4v) is 21.4. The third-order valence-electron chi connectivity index (χ3n) is 19.5. The highest BCUT2D eigenvalue weighted by molar-refractivity contribution is 7.20. The first kappa shape index (κ1) is 34.4. The molecule has 0 saturated heterocycles. The van der Waals surface area contributed by atoms with E-state index in [-0.39, 0.29) is 39.6 Å². The van der Waals surface area contributed by atoms with Crippen LogP contribution in [0.15, 0.2) is 424 Å². The van der Waals surface area contributed by atoms with E-state index in [1.807, 2.05) is 32.9 Å². The van der Waals surface area contributed by atoms with Crippen LogP contribution in [0.4, 0.5) is 0 Å². The van der Waals surface area contributed by atoms with E-state index >= 15 is 0 Å². The first-order valence-corrected chi connectivity index (χ1v) is 39.1. The smallest absolute Gasteiger partial charge is 0.269 e. The summed E-state index contributed by atoms with van der Waals surface area (Å²) in [4.78, 5) is 4.72. The largest absolute Gasteiger partial charge is 0.458 e. The molecule has 3 aromatic heterocycles. The molecule has 19 aromatic rings. The number of nitrogens with zero attached hydrogens (tertiary/aromatic N) is 4. The monoisotopic (exact) mass is 1550 g/mol. The summed E-state index contributed by atoms with van der Waals surface area (Å²) in [7, 11) is -14.1. The van der Waals surface area contributed by atoms with Crippen molar-refractivity contribution in [2.45, 2.75) is 33.0 Å². The number of hydrogen-bond acceptors (Lipinski definition) is 2. The van der Waals surface area contributed by atoms with Crippen molar-refractivity contribution in [2.75, 3.05) is 0 Å². The lowest BCUT2D eigenvalue weighted by Crippen LogP contribution is -2.74. The summed E-state index contributed by atoms with van der Waals surface area (Å²) in [5.41, 5.74) is -7.57. The van der Waals surface area contributed by atoms with Crippen LogP contribution in [-0.2, 0) is 5.41 Å². The molecule has 0 unspecified atom stereocenters. The number of benzene rings is 16. The molecule has 114 heavy (non-hydrogen) atoms. The SMILES string of the molecule is [2H]c1c([2H])c([2H])c(-c2cc(-c3c([2H])c([2H])c([2H])c([Si](c4c([2H])c([2H])c([2H])c([2H])c4[2H])(c4c([2H])c([2H])c([2H])c([2H])c4[2H])c4c([2H])c([2H])c([2H])c([2H])c4[2H])c3[2H])c(-[n+]3[c-]n(-c4cccc(Oc5ccc6c7ccccc7n(-c7cc(C([2H])([2H])[2H])c(-c8c([2H])c([2H])c([2H])c([2H])c8[2H])cn7)c6c5)c4)c4cc(-c5ccc(C(C)(C)C)cc5)ccc43)c(-c3c([2H])c([2H])c([2H])c([Si](c4c([2H])c([2H])c([2H])c([2H])c4[2H])(c4c([2H])c([2H])c([2H])c([2H])c4[2H])c4c([2H])c([2H])c([2H])c([2H])c4[2H])c3[2H])c2)c([2H])c1[2H]. The highest BCUT2D eigenvalue weighted by Gasteiger charge is 2.43. The summed E-state index contributed by atoms with van der Waals surface area (Å²) in [5, 5.41) is -10.2. The summed E-state index contributed by atoms with van der Waals surface area (Å²) >= 11 is 0. The first-order chi connectivity index (χ1) is 77.2. The van der Waals surface area contributed by atoms with Gasteiger partial charge in [0.1, 0.15) is 17.3 Å². The molecular formula is C107H82N4OSi2. The standard InChI is InChI=1S/C107H82N4OSi2/c1-76-66-105(108-74-100(76)79-36-15-6-16-37-79)111-101-57-30-29-56-96(101)97-64-63-87(73-103(97)111)112-86-41-33-40-85(72-86)109-75-110(102-65-60-80(71-104(102)109)78-58-61-84(62-59-78)107(2,3)4)106-98(81-38-31-54-94(67-81)113(88-42-17-7-18-43-88,89-44-19-8-20-45-89)90-46-21-9-22-47-90)69-83(77-34-13-5-14-35-77)70-99(106)82-39-32-55-95(68-82)114(91-48-23-10-24-49-91,92-50-25-11-26-51-92)93-52-27-12-28-53-93/h5-74H,1-4H3/i1D3,5D,6D,7D,8D,9D,10D,11D,12D,13D,14D,15D,16D,17D,18D,19D,20D,21D,22D,23D,24D,25D,26D,27D,28D,31D,32D,34D,35D,36D,37D,38D,39D,42D,43D,44D,45D,46D,47D,48D,49D,50D,51D,52D,53D,54D,55D,67D,68D. The lowest BCUT2D eigenvalue weighted by Gasteiger charge is -2.35. The second kappa shape index (κ2) is 29.8. The van der Waals surface area contributed by atoms with E-state index in [1.165, 1.54) is 47.0 Å². The van der Waals surface area contributed by atoms with Gasteiger partial charge in [-0.2, -0.15) is 0 Å². The van der Waals surface area contributed by atoms with E-state index in [9.17, 15) is 49.3 Å². The molecule has 19 rings (SSSR count). The topological polar surface area (TPSA) is 35.9 Å². The van der Waals surface area contributed by atoms with Gasteiger partial charge in [-0.25, -0.2) is 4.98 Å². The Balaban J connectivity index is 1.04. The van der Waals surface area contributed by atoms with Gasteiger partial charge in [0.05, 0.1) is 99.2 Å². The molecule has 0 aliphatic carbocycles. The number of aromatic nitrogens is 4. The second-order valence-corrected chi connectivity index (χ2v) is 33.9. The van der Waals surface area contributed by atoms with Crippen molar-refractivity contribution in [3.05, 3.63) is 441 Å². The Bertz CT molecular complexity index is 9100. The molecular weight excluding hydrogens is 1410 g/mol. The van der Waals surface area contributed by atoms with Crippen LogP contribution >= 0.6 is 0 Å². The molecule has 0 atom stereocenters. The third kappa shape index (κ3) is 12.7. The molecule has 0 radical (unpaired) electrons. The normalized spacial score (nSPS) is 18.3. The van der Waals surface area contributed by atoms with Crippen molar-refractivity contribution in [3.8, 4) is 84.3 Å². The Morgan fingerprint density at radius 1 is 0.368 bits per heavy atom. The van der Waals surface area contributed by atoms with Crippen LogP contribution in [0.5, 0.6) is 11.5 Å². The lowest BCUT2D eigenvalue weighted by atomic mass is 9.86. The van der Waals surface area contributed by atoms with E-state index in [0.717, 1.165) is 28.5 Å². The van der Waals surface area contributed by atoms with E-state index in [2.05, 4.69) is 6.33 Å². The Labute approximate surface area is 740 Å². The highest BCUT2D eigenvalue weighted by atomic mass is 28.3. The van der Waals surface area contributed by atoms with Gasteiger partial charge in [-0.05, 0) is 176 Å². The minimum Gasteiger partial charge on any atom is -0.458 e. The fourth-order valence-electron chi connectivity index (χ4n) is 14.3. The molecule has 0 aliphatic rings. The van der Waals surface area contributed by atoms with Crippen LogP contribution in [0.1, 0.15) is 102 Å². The van der Waals surface area contributed by atoms with Gasteiger partial charge >= 0.3 is 0 Å². The van der Waals surface area contributed by atoms with Crippen molar-refractivity contribution in [1.29, 1.82) is 0 Å². The maximum atomic E-state index is 11.7. The van der Waals surface area contributed by atoms with Crippen molar-refractivity contribution < 1.29 is 79.2 Å². The zero-order valence-corrected chi connectivity index (χ0v) is 61.9. The number of rotatable bonds is 18. The molecule has 0 bridgehead atoms. The Kier molecular flexibility index (Phi) is 8.99. The van der Waals surface area contributed by atoms with E-state index in [4.69, 9.17) is 30.3 Å². The molecule has 0 spiro atoms. The van der Waals surface area contributed by atoms with Crippen LogP contribution in [0.3, 0.4) is 0 Å². The molecule has 0 N–H and O–H groups in total. The average molecular weight is 1550 g/mol. The van der Waals surface area contributed by atoms with Gasteiger partial charge < -0.3 is 4.74 Å². The van der Waals surface area contributed by atoms with Gasteiger partial charge in [0.15, 0.2) is 16.1 Å². The Morgan fingerprint density at radius 2 is 0.833 bits per heavy atom. The van der Waals surface area contributed by atoms with Crippen molar-refractivity contribution >= 4 is 90.5 Å². The van der Waals surface area contributed by atoms with Crippen LogP contribution in [0.2, 0.25) is 0 Å². The summed E-state index contributed by atoms with van der Waals surface area (Å²) in [6.07, 6.45) is 4.38. The number of para-hydroxylation sites is 1. The zero-order valence-electron chi connectivity index (χ0n) is 111. The summed E-state index contributed by atoms with van der Waals surface area (Å²) in [6, 6.07) is -32.3. The maximum Gasteiger partial charge on any atom is 0.269 e. The highest BCUT2D eigenvalue weighted by Crippen LogP contribution is 2.42. The number of aryl methyl sites for hydroxylation is 1. The Hall–Kier alpha value is -13.8. The molecule has 3 heterocycles. The quantitative estimate of drug-likeness (QED) is 0.0371. The molecule has 0 amide bonds. The predicted molar refractivity (Wildman–Crippen MR) is 480 cm³/mol. The second-order valence-electron chi connectivity index (χ2n) is 26.9. The molecule has 7 heteroatoms. The van der Waals surface area contributed by atoms with E-state index in [0.29, 0.717) is 32.9 Å². The molecule has 16 aromatic carbocycles. The fraction of sp³-hybridized carbons (Fsp3) is 0.0467. The number of pyridine rings is 1. The number of ether oxygens (including phenoxy) is 1. The minimum absolute atomic E-state index is 0.0171. The van der Waals surface area contributed by atoms with Gasteiger partial charge in [0.25, 0.3) is 6.33 Å². The van der Waals surface area contributed by atoms with Crippen LogP contribution < -0.4 is 50.8 Å². The minimum atomic E-state index is -7.07. The summed E-state index contributed by atoms with van der Waals surface area (Å²) < 4.78 is 508. The number of imidazole rings is 1. The maximum absolute atomic E-state index is 11.7. The van der Waals surface area contributed by atoms with Gasteiger partial charge in [-0.3, -0.25) is 13.7 Å². The molecule has 0 saturated carbocycles. The number of fused-ring (bicyclic) bond motifs is 4. The van der Waals surface area contributed by atoms with Crippen LogP contribution in [-0.4, -0.2) is 30.3 Å². The predicted octanol–water partition coefficient (Wildman–Crippen LogP) is 20.7. The van der Waals surface area contributed by atoms with Crippen molar-refractivity contribution in [3.63, 3.8) is 0 Å². The van der Waals surface area contributed by atoms with Gasteiger partial charge in [-0.15, -0.1) is 0 Å². The van der Waals surface area contributed by atoms with Crippen molar-refractivity contribution in [2.24, 2.45) is 0 Å². The third-order valence-corrected chi connectivity index (χ3v) is 27.5. The van der Waals surface area contributed by atoms with Crippen LogP contribution in [0, 0.1) is 13.2 Å². The van der Waals surface area contributed by atoms with Crippen molar-refractivity contribution in [1.82, 2.24) is 14.1 Å². The first-order valence-electron chi connectivity index (χ1n) is 60.6. The lowest BCUT2D eigenvalue weighted by molar-refractivity contribution is -0.571. The zero-order chi connectivity index (χ0) is 121. The molecule has 544 valence electrons. The molecule has 0 aliphatic heterocycles. The van der Waals surface area contributed by atoms with Gasteiger partial charge in [-0.1, -0.05) is 371 Å². The Morgan fingerprint density at radius 3 is 1.35 bits per heavy atom. The van der Waals surface area contributed by atoms with E-state index in [1.54, 1.807) is 65.2 Å². The van der Waals surface area contributed by atoms with Gasteiger partial charge in [0, 0.05) is 32.7 Å². The summed E-state index contributed by atoms with van der Waals surface area (Å²) in [5.74, 6) is -0.120. The average Bonchev–Trinajstić information content (AvgIpc) is 1.11. The molecule has 0 fully saturated rings. The van der Waals surface area contributed by atoms with Crippen LogP contribution in [0.25, 0.3) is 106 Å². The van der Waals surface area contributed by atoms with Gasteiger partial charge in [0.2, 0.25) is 0 Å². The molecule has 5 nitrogen and oxygen atoms in total. The summed E-state index contributed by atoms with van der Waals surface area (Å²) in [6.45, 7) is 2.78. The number of hydrogen-bond donors (Lipinski definition) is 0. The van der Waals surface area contributed by atoms with E-state index < -0.39 is 410 Å².